The van der Waals surface area contributed by atoms with E-state index in [0.717, 1.165) is 72.5 Å². The fourth-order valence-corrected chi connectivity index (χ4v) is 5.99. The number of nitrogens with one attached hydrogen (secondary N) is 2. The summed E-state index contributed by atoms with van der Waals surface area (Å²) in [5.41, 5.74) is 11.9. The van der Waals surface area contributed by atoms with Crippen LogP contribution in [-0.4, -0.2) is 152 Å². The van der Waals surface area contributed by atoms with Gasteiger partial charge in [-0.15, -0.1) is 23.2 Å². The first-order chi connectivity index (χ1) is 31.0. The van der Waals surface area contributed by atoms with E-state index in [1.165, 1.54) is 0 Å². The van der Waals surface area contributed by atoms with E-state index in [9.17, 15) is 27.6 Å². The number of nitrogens with two attached hydrogens (primary N) is 2. The van der Waals surface area contributed by atoms with Crippen LogP contribution in [0.4, 0.5) is 18.0 Å². The molecule has 22 heteroatoms. The summed E-state index contributed by atoms with van der Waals surface area (Å²) in [5, 5.41) is 20.9. The van der Waals surface area contributed by atoms with Crippen molar-refractivity contribution in [2.75, 3.05) is 97.1 Å². The number of carbonyl (C=O) groups is 4. The number of amides is 2. The van der Waals surface area contributed by atoms with Crippen LogP contribution in [0.1, 0.15) is 106 Å². The molecule has 0 aliphatic carbocycles. The Morgan fingerprint density at radius 2 is 0.971 bits per heavy atom. The molecule has 0 aromatic heterocycles. The summed E-state index contributed by atoms with van der Waals surface area (Å²) >= 11 is 9.53. The molecule has 2 atom stereocenters. The standard InChI is InChI=1S/C21H36N2O3.C19H33N3O2.C3H7NO2.C2HF3O2.CH2Cl2.CH4.2HI/c1-7-23(8-2,9-3)15-16-25-19(18-13-11-10-12-14-18)17-22-20(24)26-21(4,5)6;1-4-22(5-2,6-3)14-15-24-18(16-21-19(23)12-13-20)17-10-8-7-9-11-17;4-2-1-3(5)6;3-2(4,5)1(6)7;2-1-3;;;/h10-14,19H,7-9,15-17H2,1-6H3;7-11,18H,4-6,12-16,20H2,1-3H3;1-2,4H2,(H,5,6);(H,6,7);1H2;1H4;2*1H. The SMILES string of the molecule is C.CC[N+](CC)(CC)CCOC(CNC(=O)CCN)c1ccccc1.CC[N+](CC)(CC)CCOC(CNC(=O)OC(C)(C)C)c1ccccc1.ClCCl.NCCC(=O)O.O=C(O)C(F)(F)F.[I-].[I-]. The van der Waals surface area contributed by atoms with E-state index < -0.39 is 29.8 Å². The summed E-state index contributed by atoms with van der Waals surface area (Å²) < 4.78 is 51.5. The molecule has 2 aromatic rings. The molecule has 0 fully saturated rings. The topological polar surface area (TPSA) is 213 Å². The third-order valence-corrected chi connectivity index (χ3v) is 10.4. The number of alkyl carbamates (subject to hydrolysis) is 1. The highest BCUT2D eigenvalue weighted by molar-refractivity contribution is 6.40. The average molecular weight is 1260 g/mol. The van der Waals surface area contributed by atoms with E-state index >= 15 is 0 Å². The van der Waals surface area contributed by atoms with Crippen LogP contribution < -0.4 is 70.1 Å². The third kappa shape index (κ3) is 40.9. The Kier molecular flexibility index (Phi) is 51.6. The molecular weight excluding hydrogens is 1170 g/mol. The zero-order valence-corrected chi connectivity index (χ0v) is 47.2. The molecule has 15 nitrogen and oxygen atoms in total. The number of alkyl halides is 5. The fourth-order valence-electron chi connectivity index (χ4n) is 5.99. The van der Waals surface area contributed by atoms with Crippen molar-refractivity contribution in [1.82, 2.24) is 10.6 Å². The van der Waals surface area contributed by atoms with Gasteiger partial charge in [-0.25, -0.2) is 9.59 Å². The Balaban J connectivity index is -0.000000212. The Bertz CT molecular complexity index is 1540. The molecule has 0 aliphatic heterocycles. The average Bonchev–Trinajstić information content (AvgIpc) is 3.27. The Morgan fingerprint density at radius 1 is 0.652 bits per heavy atom. The number of halogens is 7. The summed E-state index contributed by atoms with van der Waals surface area (Å²) in [7, 11) is 0. The van der Waals surface area contributed by atoms with Gasteiger partial charge in [0, 0.05) is 26.1 Å². The minimum Gasteiger partial charge on any atom is -1.00 e. The highest BCUT2D eigenvalue weighted by Crippen LogP contribution is 2.19. The minimum atomic E-state index is -5.08. The molecule has 0 bridgehead atoms. The molecule has 2 aromatic carbocycles. The molecule has 2 amide bonds. The first-order valence-corrected chi connectivity index (χ1v) is 23.4. The number of carbonyl (C=O) groups excluding carboxylic acids is 2. The number of carboxylic acid groups (broad SMARTS) is 2. The minimum absolute atomic E-state index is 0. The first-order valence-electron chi connectivity index (χ1n) is 22.3. The number of nitrogens with zero attached hydrogens (tertiary/aromatic N) is 2. The molecule has 0 saturated carbocycles. The Labute approximate surface area is 455 Å². The molecule has 69 heavy (non-hydrogen) atoms. The van der Waals surface area contributed by atoms with Gasteiger partial charge in [-0.1, -0.05) is 68.1 Å². The van der Waals surface area contributed by atoms with Gasteiger partial charge in [0.15, 0.2) is 0 Å². The Morgan fingerprint density at radius 3 is 1.22 bits per heavy atom. The van der Waals surface area contributed by atoms with Gasteiger partial charge in [0.25, 0.3) is 0 Å². The largest absolute Gasteiger partial charge is 1.00 e. The number of benzene rings is 2. The number of quaternary nitrogens is 2. The van der Waals surface area contributed by atoms with Gasteiger partial charge in [0.05, 0.1) is 70.8 Å². The monoisotopic (exact) mass is 1260 g/mol. The van der Waals surface area contributed by atoms with Crippen molar-refractivity contribution < 1.29 is 114 Å². The molecule has 0 aliphatic rings. The number of likely N-dealkylation sites (N-methyl/N-ethyl adjacent to an activating group) is 2. The number of ether oxygens (including phenoxy) is 3. The lowest BCUT2D eigenvalue weighted by Gasteiger charge is -2.36. The number of rotatable bonds is 24. The molecule has 0 saturated heterocycles. The summed E-state index contributed by atoms with van der Waals surface area (Å²) in [6.07, 6.45) is -5.39. The lowest BCUT2D eigenvalue weighted by molar-refractivity contribution is -0.923. The van der Waals surface area contributed by atoms with Gasteiger partial charge in [-0.3, -0.25) is 9.59 Å². The second-order valence-electron chi connectivity index (χ2n) is 15.6. The van der Waals surface area contributed by atoms with Crippen molar-refractivity contribution in [3.05, 3.63) is 71.8 Å². The van der Waals surface area contributed by atoms with Crippen LogP contribution in [0.2, 0.25) is 0 Å². The van der Waals surface area contributed by atoms with Crippen LogP contribution in [0.25, 0.3) is 0 Å². The van der Waals surface area contributed by atoms with Gasteiger partial charge in [0.1, 0.15) is 30.9 Å². The van der Waals surface area contributed by atoms with Crippen LogP contribution in [0.15, 0.2) is 60.7 Å². The van der Waals surface area contributed by atoms with Crippen LogP contribution in [0.3, 0.4) is 0 Å². The second-order valence-corrected chi connectivity index (χ2v) is 16.4. The van der Waals surface area contributed by atoms with Crippen LogP contribution in [-0.2, 0) is 28.6 Å². The molecule has 2 rings (SSSR count). The van der Waals surface area contributed by atoms with E-state index in [4.69, 9.17) is 63.9 Å². The molecule has 0 spiro atoms. The van der Waals surface area contributed by atoms with Crippen LogP contribution >= 0.6 is 23.2 Å². The quantitative estimate of drug-likeness (QED) is 0.0511. The predicted molar refractivity (Wildman–Crippen MR) is 263 cm³/mol. The normalized spacial score (nSPS) is 11.6. The van der Waals surface area contributed by atoms with E-state index in [1.54, 1.807) is 0 Å². The number of hydrogen-bond donors (Lipinski definition) is 6. The lowest BCUT2D eigenvalue weighted by Crippen LogP contribution is -3.00. The van der Waals surface area contributed by atoms with Crippen molar-refractivity contribution in [2.24, 2.45) is 11.5 Å². The highest BCUT2D eigenvalue weighted by Gasteiger charge is 2.38. The maximum atomic E-state index is 12.0. The Hall–Kier alpha value is -2.29. The predicted octanol–water partition coefficient (Wildman–Crippen LogP) is 2.35. The van der Waals surface area contributed by atoms with E-state index in [0.29, 0.717) is 39.3 Å². The van der Waals surface area contributed by atoms with Gasteiger partial charge < -0.3 is 103 Å². The molecule has 8 N–H and O–H groups in total. The summed E-state index contributed by atoms with van der Waals surface area (Å²) in [6.45, 7) is 30.3. The van der Waals surface area contributed by atoms with Crippen molar-refractivity contribution in [2.45, 2.75) is 107 Å². The third-order valence-electron chi connectivity index (χ3n) is 10.4. The molecular formula is C47H85Cl2F3I2N6O9. The van der Waals surface area contributed by atoms with Gasteiger partial charge in [-0.05, 0) is 73.4 Å². The molecule has 0 heterocycles. The van der Waals surface area contributed by atoms with Crippen LogP contribution in [0, 0.1) is 0 Å². The molecule has 0 radical (unpaired) electrons. The van der Waals surface area contributed by atoms with Crippen molar-refractivity contribution in [3.63, 3.8) is 0 Å². The number of carboxylic acids is 2. The van der Waals surface area contributed by atoms with Gasteiger partial charge in [0.2, 0.25) is 5.91 Å². The van der Waals surface area contributed by atoms with Gasteiger partial charge >= 0.3 is 24.2 Å². The van der Waals surface area contributed by atoms with Crippen molar-refractivity contribution in [3.8, 4) is 0 Å². The van der Waals surface area contributed by atoms with Crippen molar-refractivity contribution in [1.29, 1.82) is 0 Å². The van der Waals surface area contributed by atoms with E-state index in [1.807, 2.05) is 81.4 Å². The lowest BCUT2D eigenvalue weighted by atomic mass is 10.1. The molecule has 2 unspecified atom stereocenters. The maximum Gasteiger partial charge on any atom is 0.490 e. The summed E-state index contributed by atoms with van der Waals surface area (Å²) in [6, 6.07) is 20.1. The van der Waals surface area contributed by atoms with E-state index in [-0.39, 0.29) is 91.8 Å². The summed E-state index contributed by atoms with van der Waals surface area (Å²) in [4.78, 5) is 42.1. The maximum absolute atomic E-state index is 12.0. The second kappa shape index (κ2) is 45.6. The molecule has 406 valence electrons. The van der Waals surface area contributed by atoms with Crippen molar-refractivity contribution >= 4 is 47.1 Å². The zero-order chi connectivity index (χ0) is 51.2. The van der Waals surface area contributed by atoms with Gasteiger partial charge in [-0.2, -0.15) is 13.2 Å². The smallest absolute Gasteiger partial charge is 0.490 e. The zero-order valence-electron chi connectivity index (χ0n) is 41.4. The fraction of sp³-hybridized carbons (Fsp3) is 0.660. The first kappa shape index (κ1) is 78.2. The van der Waals surface area contributed by atoms with E-state index in [2.05, 4.69) is 52.2 Å². The number of aliphatic carboxylic acids is 2. The number of hydrogen-bond acceptors (Lipinski definition) is 9. The summed E-state index contributed by atoms with van der Waals surface area (Å²) in [5.74, 6) is -3.62. The highest BCUT2D eigenvalue weighted by atomic mass is 127. The van der Waals surface area contributed by atoms with Crippen LogP contribution in [0.5, 0.6) is 0 Å².